The minimum Gasteiger partial charge on any atom is -0.277 e. The first-order valence-corrected chi connectivity index (χ1v) is 20.1. The molecule has 0 aliphatic heterocycles. The molecule has 0 atom stereocenters. The molecule has 0 radical (unpaired) electrons. The van der Waals surface area contributed by atoms with Crippen molar-refractivity contribution >= 4 is 95.7 Å². The van der Waals surface area contributed by atoms with Crippen LogP contribution in [0.1, 0.15) is 0 Å². The average molecular weight is 736 g/mol. The van der Waals surface area contributed by atoms with E-state index in [2.05, 4.69) is 180 Å². The van der Waals surface area contributed by atoms with E-state index in [1.807, 2.05) is 11.3 Å². The number of thiophene rings is 2. The lowest BCUT2D eigenvalue weighted by Crippen LogP contribution is -2.03. The third-order valence-electron chi connectivity index (χ3n) is 11.0. The molecule has 12 aromatic rings. The average Bonchev–Trinajstić information content (AvgIpc) is 3.94. The maximum atomic E-state index is 5.67. The summed E-state index contributed by atoms with van der Waals surface area (Å²) >= 11 is 3.66. The zero-order valence-corrected chi connectivity index (χ0v) is 31.0. The fourth-order valence-electron chi connectivity index (χ4n) is 8.56. The number of hydrogen-bond donors (Lipinski definition) is 0. The van der Waals surface area contributed by atoms with Gasteiger partial charge >= 0.3 is 0 Å². The van der Waals surface area contributed by atoms with Gasteiger partial charge in [-0.15, -0.1) is 22.7 Å². The van der Waals surface area contributed by atoms with Gasteiger partial charge in [0.1, 0.15) is 0 Å². The standard InChI is InChI=1S/C50H29N3S2/c1-3-15-30(16-4-1)32-27-33(31-17-5-2-6-18-31)29-34(28-32)45-49-46(39-23-11-14-26-42(39)55-49)52-50(51-45)53-40-24-12-9-21-37(40)44-47(53)36-20-8-7-19-35(36)43-38-22-10-13-25-41(38)54-48(43)44/h1-29H. The van der Waals surface area contributed by atoms with Gasteiger partial charge in [0, 0.05) is 52.0 Å². The summed E-state index contributed by atoms with van der Waals surface area (Å²) in [7, 11) is 0. The van der Waals surface area contributed by atoms with E-state index < -0.39 is 0 Å². The lowest BCUT2D eigenvalue weighted by atomic mass is 9.95. The predicted molar refractivity (Wildman–Crippen MR) is 236 cm³/mol. The van der Waals surface area contributed by atoms with E-state index >= 15 is 0 Å². The molecule has 0 N–H and O–H groups in total. The molecule has 256 valence electrons. The molecule has 5 heteroatoms. The van der Waals surface area contributed by atoms with E-state index in [1.165, 1.54) is 57.5 Å². The molecule has 0 saturated carbocycles. The number of benzene rings is 8. The molecular weight excluding hydrogens is 707 g/mol. The van der Waals surface area contributed by atoms with Crippen molar-refractivity contribution in [3.63, 3.8) is 0 Å². The fourth-order valence-corrected chi connectivity index (χ4v) is 11.0. The highest BCUT2D eigenvalue weighted by Gasteiger charge is 2.25. The van der Waals surface area contributed by atoms with Crippen molar-refractivity contribution in [2.75, 3.05) is 0 Å². The van der Waals surface area contributed by atoms with Gasteiger partial charge in [0.05, 0.1) is 26.9 Å². The van der Waals surface area contributed by atoms with E-state index in [0.717, 1.165) is 49.0 Å². The Morgan fingerprint density at radius 3 is 1.62 bits per heavy atom. The molecule has 0 unspecified atom stereocenters. The second-order valence-corrected chi connectivity index (χ2v) is 16.2. The Balaban J connectivity index is 1.24. The largest absolute Gasteiger partial charge is 0.277 e. The maximum Gasteiger partial charge on any atom is 0.235 e. The van der Waals surface area contributed by atoms with Gasteiger partial charge in [-0.05, 0) is 64.0 Å². The van der Waals surface area contributed by atoms with E-state index in [9.17, 15) is 0 Å². The Hall–Kier alpha value is -6.66. The second-order valence-electron chi connectivity index (χ2n) is 14.1. The molecule has 0 aliphatic rings. The van der Waals surface area contributed by atoms with Crippen molar-refractivity contribution in [1.29, 1.82) is 0 Å². The van der Waals surface area contributed by atoms with Crippen molar-refractivity contribution in [2.45, 2.75) is 0 Å². The van der Waals surface area contributed by atoms with Gasteiger partial charge in [-0.2, -0.15) is 0 Å². The molecule has 0 aliphatic carbocycles. The molecular formula is C50H29N3S2. The van der Waals surface area contributed by atoms with Crippen molar-refractivity contribution in [2.24, 2.45) is 0 Å². The van der Waals surface area contributed by atoms with Crippen LogP contribution in [0, 0.1) is 0 Å². The van der Waals surface area contributed by atoms with Crippen molar-refractivity contribution in [3.8, 4) is 39.5 Å². The molecule has 0 amide bonds. The van der Waals surface area contributed by atoms with E-state index in [1.54, 1.807) is 11.3 Å². The first kappa shape index (κ1) is 30.8. The molecule has 0 fully saturated rings. The molecule has 4 heterocycles. The summed E-state index contributed by atoms with van der Waals surface area (Å²) in [6, 6.07) is 63.3. The van der Waals surface area contributed by atoms with Gasteiger partial charge in [-0.3, -0.25) is 4.57 Å². The van der Waals surface area contributed by atoms with Crippen LogP contribution in [0.4, 0.5) is 0 Å². The highest BCUT2D eigenvalue weighted by molar-refractivity contribution is 7.27. The van der Waals surface area contributed by atoms with E-state index in [-0.39, 0.29) is 0 Å². The SMILES string of the molecule is c1ccc(-c2cc(-c3ccccc3)cc(-c3nc(-n4c5ccccc5c5c6sc7ccccc7c6c6ccccc6c54)nc4c3sc3ccccc34)c2)cc1. The highest BCUT2D eigenvalue weighted by atomic mass is 32.1. The zero-order chi connectivity index (χ0) is 36.0. The zero-order valence-electron chi connectivity index (χ0n) is 29.4. The summed E-state index contributed by atoms with van der Waals surface area (Å²) in [5.41, 5.74) is 9.87. The number of rotatable bonds is 4. The van der Waals surface area contributed by atoms with Crippen LogP contribution in [0.3, 0.4) is 0 Å². The van der Waals surface area contributed by atoms with Crippen LogP contribution in [0.15, 0.2) is 176 Å². The Kier molecular flexibility index (Phi) is 6.67. The van der Waals surface area contributed by atoms with Crippen LogP contribution in [0.5, 0.6) is 0 Å². The second kappa shape index (κ2) is 11.9. The van der Waals surface area contributed by atoms with Crippen LogP contribution in [-0.4, -0.2) is 14.5 Å². The van der Waals surface area contributed by atoms with Crippen LogP contribution < -0.4 is 0 Å². The highest BCUT2D eigenvalue weighted by Crippen LogP contribution is 2.48. The first-order valence-electron chi connectivity index (χ1n) is 18.5. The molecule has 0 spiro atoms. The summed E-state index contributed by atoms with van der Waals surface area (Å²) in [6.45, 7) is 0. The Labute approximate surface area is 324 Å². The Morgan fingerprint density at radius 2 is 0.909 bits per heavy atom. The lowest BCUT2D eigenvalue weighted by molar-refractivity contribution is 1.02. The van der Waals surface area contributed by atoms with Gasteiger partial charge in [0.2, 0.25) is 5.95 Å². The minimum absolute atomic E-state index is 0.675. The van der Waals surface area contributed by atoms with Gasteiger partial charge in [0.15, 0.2) is 0 Å². The third kappa shape index (κ3) is 4.61. The maximum absolute atomic E-state index is 5.67. The van der Waals surface area contributed by atoms with Crippen LogP contribution in [0.2, 0.25) is 0 Å². The Bertz CT molecular complexity index is 3430. The van der Waals surface area contributed by atoms with E-state index in [0.29, 0.717) is 5.95 Å². The predicted octanol–water partition coefficient (Wildman–Crippen LogP) is 14.5. The number of fused-ring (bicyclic) bond motifs is 13. The fraction of sp³-hybridized carbons (Fsp3) is 0. The molecule has 0 bridgehead atoms. The first-order chi connectivity index (χ1) is 27.3. The lowest BCUT2D eigenvalue weighted by Gasteiger charge is -2.14. The summed E-state index contributed by atoms with van der Waals surface area (Å²) in [5, 5.41) is 8.67. The van der Waals surface area contributed by atoms with Gasteiger partial charge in [0.25, 0.3) is 0 Å². The number of nitrogens with zero attached hydrogens (tertiary/aromatic N) is 3. The van der Waals surface area contributed by atoms with Crippen LogP contribution >= 0.6 is 22.7 Å². The van der Waals surface area contributed by atoms with Crippen LogP contribution in [0.25, 0.3) is 113 Å². The molecule has 0 saturated heterocycles. The smallest absolute Gasteiger partial charge is 0.235 e. The minimum atomic E-state index is 0.675. The molecule has 4 aromatic heterocycles. The topological polar surface area (TPSA) is 30.7 Å². The number of hydrogen-bond acceptors (Lipinski definition) is 4. The summed E-state index contributed by atoms with van der Waals surface area (Å²) in [5.74, 6) is 0.675. The van der Waals surface area contributed by atoms with Crippen molar-refractivity contribution in [3.05, 3.63) is 176 Å². The normalized spacial score (nSPS) is 12.0. The summed E-state index contributed by atoms with van der Waals surface area (Å²) in [4.78, 5) is 11.2. The summed E-state index contributed by atoms with van der Waals surface area (Å²) < 4.78 is 7.23. The van der Waals surface area contributed by atoms with Gasteiger partial charge < -0.3 is 0 Å². The molecule has 55 heavy (non-hydrogen) atoms. The molecule has 3 nitrogen and oxygen atoms in total. The molecule has 12 rings (SSSR count). The third-order valence-corrected chi connectivity index (χ3v) is 13.3. The molecule has 8 aromatic carbocycles. The number of aromatic nitrogens is 3. The van der Waals surface area contributed by atoms with Crippen molar-refractivity contribution in [1.82, 2.24) is 14.5 Å². The quantitative estimate of drug-likeness (QED) is 0.180. The monoisotopic (exact) mass is 735 g/mol. The number of para-hydroxylation sites is 1. The van der Waals surface area contributed by atoms with E-state index in [4.69, 9.17) is 9.97 Å². The van der Waals surface area contributed by atoms with Gasteiger partial charge in [-0.1, -0.05) is 140 Å². The van der Waals surface area contributed by atoms with Crippen molar-refractivity contribution < 1.29 is 0 Å². The van der Waals surface area contributed by atoms with Gasteiger partial charge in [-0.25, -0.2) is 9.97 Å². The van der Waals surface area contributed by atoms with Crippen LogP contribution in [-0.2, 0) is 0 Å². The summed E-state index contributed by atoms with van der Waals surface area (Å²) in [6.07, 6.45) is 0. The Morgan fingerprint density at radius 1 is 0.382 bits per heavy atom.